The average molecular weight is 504 g/mol. The van der Waals surface area contributed by atoms with Crippen LogP contribution in [0.2, 0.25) is 5.02 Å². The first-order valence-corrected chi connectivity index (χ1v) is 12.5. The first kappa shape index (κ1) is 24.1. The highest BCUT2D eigenvalue weighted by Crippen LogP contribution is 2.26. The summed E-state index contributed by atoms with van der Waals surface area (Å²) in [5, 5.41) is 7.24. The molecule has 34 heavy (non-hydrogen) atoms. The lowest BCUT2D eigenvalue weighted by atomic mass is 10.1. The second-order valence-electron chi connectivity index (χ2n) is 8.11. The summed E-state index contributed by atoms with van der Waals surface area (Å²) in [6, 6.07) is 12.0. The Kier molecular flexibility index (Phi) is 6.83. The van der Waals surface area contributed by atoms with Crippen molar-refractivity contribution in [2.75, 3.05) is 47.4 Å². The number of aromatic amines is 1. The molecule has 1 aliphatic rings. The van der Waals surface area contributed by atoms with Crippen molar-refractivity contribution in [3.05, 3.63) is 58.6 Å². The molecule has 1 saturated heterocycles. The summed E-state index contributed by atoms with van der Waals surface area (Å²) in [6.45, 7) is 0.939. The summed E-state index contributed by atoms with van der Waals surface area (Å²) >= 11 is 6.02. The Balaban J connectivity index is 1.47. The molecule has 4 rings (SSSR count). The van der Waals surface area contributed by atoms with Gasteiger partial charge in [-0.05, 0) is 42.0 Å². The van der Waals surface area contributed by atoms with Crippen LogP contribution in [0.25, 0.3) is 10.9 Å². The first-order chi connectivity index (χ1) is 16.2. The number of amides is 1. The summed E-state index contributed by atoms with van der Waals surface area (Å²) < 4.78 is 33.1. The number of carbonyl (C=O) groups excluding carboxylic acids is 1. The maximum atomic E-state index is 13.2. The summed E-state index contributed by atoms with van der Waals surface area (Å²) in [6.07, 6.45) is 1.68. The van der Waals surface area contributed by atoms with Crippen LogP contribution in [0.15, 0.2) is 52.6 Å². The highest BCUT2D eigenvalue weighted by molar-refractivity contribution is 7.89. The van der Waals surface area contributed by atoms with E-state index in [0.717, 1.165) is 10.9 Å². The van der Waals surface area contributed by atoms with Crippen molar-refractivity contribution in [1.29, 1.82) is 0 Å². The molecule has 2 aromatic carbocycles. The third-order valence-corrected chi connectivity index (χ3v) is 7.65. The zero-order chi connectivity index (χ0) is 24.5. The van der Waals surface area contributed by atoms with E-state index in [1.807, 2.05) is 14.1 Å². The van der Waals surface area contributed by atoms with Crippen molar-refractivity contribution < 1.29 is 17.9 Å². The molecule has 0 saturated carbocycles. The maximum Gasteiger partial charge on any atom is 0.258 e. The molecule has 1 aliphatic heterocycles. The lowest BCUT2D eigenvalue weighted by molar-refractivity contribution is 0.0694. The van der Waals surface area contributed by atoms with Gasteiger partial charge < -0.3 is 19.6 Å². The minimum atomic E-state index is -3.73. The van der Waals surface area contributed by atoms with Crippen LogP contribution in [-0.2, 0) is 10.0 Å². The standard InChI is InChI=1S/C23H26ClN5O4S/c1-27(2)25-15-16-4-6-19(21(12-16)33-3)23(30)28-8-10-29(11-9-28)34(31,32)22-14-17-13-18(24)5-7-20(17)26-22/h4-7,12-15,26H,8-11H2,1-3H3. The molecule has 9 nitrogen and oxygen atoms in total. The third kappa shape index (κ3) is 4.89. The Labute approximate surface area is 203 Å². The molecule has 1 fully saturated rings. The fourth-order valence-corrected chi connectivity index (χ4v) is 5.42. The molecular formula is C23H26ClN5O4S. The van der Waals surface area contributed by atoms with Crippen LogP contribution in [0.5, 0.6) is 5.75 Å². The molecule has 2 heterocycles. The summed E-state index contributed by atoms with van der Waals surface area (Å²) in [5.41, 5.74) is 1.92. The molecule has 1 aromatic heterocycles. The van der Waals surface area contributed by atoms with Crippen LogP contribution >= 0.6 is 11.6 Å². The Morgan fingerprint density at radius 3 is 2.53 bits per heavy atom. The van der Waals surface area contributed by atoms with Gasteiger partial charge in [-0.2, -0.15) is 9.41 Å². The number of carbonyl (C=O) groups is 1. The number of sulfonamides is 1. The SMILES string of the molecule is COc1cc(C=NN(C)C)ccc1C(=O)N1CCN(S(=O)(=O)c2cc3cc(Cl)ccc3[nH]2)CC1. The number of hydrogen-bond acceptors (Lipinski definition) is 6. The number of methoxy groups -OCH3 is 1. The number of nitrogens with one attached hydrogen (secondary N) is 1. The lowest BCUT2D eigenvalue weighted by Crippen LogP contribution is -2.50. The quantitative estimate of drug-likeness (QED) is 0.412. The Morgan fingerprint density at radius 2 is 1.85 bits per heavy atom. The van der Waals surface area contributed by atoms with E-state index in [-0.39, 0.29) is 37.1 Å². The van der Waals surface area contributed by atoms with Gasteiger partial charge >= 0.3 is 0 Å². The van der Waals surface area contributed by atoms with E-state index in [2.05, 4.69) is 10.1 Å². The van der Waals surface area contributed by atoms with E-state index in [9.17, 15) is 13.2 Å². The fraction of sp³-hybridized carbons (Fsp3) is 0.304. The van der Waals surface area contributed by atoms with Crippen molar-refractivity contribution in [1.82, 2.24) is 19.2 Å². The van der Waals surface area contributed by atoms with E-state index in [1.54, 1.807) is 58.6 Å². The van der Waals surface area contributed by atoms with E-state index >= 15 is 0 Å². The van der Waals surface area contributed by atoms with Gasteiger partial charge in [0.2, 0.25) is 0 Å². The van der Waals surface area contributed by atoms with Crippen LogP contribution in [0.4, 0.5) is 0 Å². The smallest absolute Gasteiger partial charge is 0.258 e. The number of rotatable bonds is 6. The Bertz CT molecular complexity index is 1340. The van der Waals surface area contributed by atoms with Crippen molar-refractivity contribution in [3.63, 3.8) is 0 Å². The zero-order valence-corrected chi connectivity index (χ0v) is 20.7. The first-order valence-electron chi connectivity index (χ1n) is 10.7. The Morgan fingerprint density at radius 1 is 1.12 bits per heavy atom. The molecule has 11 heteroatoms. The second kappa shape index (κ2) is 9.65. The van der Waals surface area contributed by atoms with Gasteiger partial charge in [0, 0.05) is 56.2 Å². The molecule has 1 N–H and O–H groups in total. The molecule has 0 atom stereocenters. The third-order valence-electron chi connectivity index (χ3n) is 5.60. The van der Waals surface area contributed by atoms with Crippen LogP contribution in [-0.4, -0.2) is 87.1 Å². The maximum absolute atomic E-state index is 13.2. The van der Waals surface area contributed by atoms with Gasteiger partial charge in [-0.15, -0.1) is 0 Å². The van der Waals surface area contributed by atoms with Crippen molar-refractivity contribution >= 4 is 44.6 Å². The van der Waals surface area contributed by atoms with E-state index in [1.165, 1.54) is 11.4 Å². The molecule has 3 aromatic rings. The van der Waals surface area contributed by atoms with Crippen LogP contribution < -0.4 is 4.74 Å². The van der Waals surface area contributed by atoms with Gasteiger partial charge in [0.05, 0.1) is 18.9 Å². The predicted octanol–water partition coefficient (Wildman–Crippen LogP) is 2.87. The molecule has 0 radical (unpaired) electrons. The predicted molar refractivity (Wildman–Crippen MR) is 132 cm³/mol. The van der Waals surface area contributed by atoms with Crippen molar-refractivity contribution in [3.8, 4) is 5.75 Å². The van der Waals surface area contributed by atoms with Gasteiger partial charge in [-0.3, -0.25) is 4.79 Å². The highest BCUT2D eigenvalue weighted by Gasteiger charge is 2.32. The minimum absolute atomic E-state index is 0.112. The monoisotopic (exact) mass is 503 g/mol. The number of hydrazone groups is 1. The van der Waals surface area contributed by atoms with Crippen LogP contribution in [0, 0.1) is 0 Å². The van der Waals surface area contributed by atoms with Crippen molar-refractivity contribution in [2.45, 2.75) is 5.03 Å². The van der Waals surface area contributed by atoms with E-state index in [0.29, 0.717) is 21.9 Å². The van der Waals surface area contributed by atoms with E-state index in [4.69, 9.17) is 16.3 Å². The zero-order valence-electron chi connectivity index (χ0n) is 19.2. The summed E-state index contributed by atoms with van der Waals surface area (Å²) in [7, 11) is 1.42. The van der Waals surface area contributed by atoms with Gasteiger partial charge in [0.25, 0.3) is 15.9 Å². The number of aromatic nitrogens is 1. The Hall–Kier alpha value is -3.08. The van der Waals surface area contributed by atoms with Gasteiger partial charge in [-0.25, -0.2) is 8.42 Å². The second-order valence-corrected chi connectivity index (χ2v) is 10.5. The van der Waals surface area contributed by atoms with Gasteiger partial charge in [-0.1, -0.05) is 17.7 Å². The topological polar surface area (TPSA) is 98.3 Å². The molecule has 0 bridgehead atoms. The molecule has 180 valence electrons. The highest BCUT2D eigenvalue weighted by atomic mass is 35.5. The molecule has 0 aliphatic carbocycles. The number of benzene rings is 2. The number of H-pyrrole nitrogens is 1. The molecule has 1 amide bonds. The number of nitrogens with zero attached hydrogens (tertiary/aromatic N) is 4. The van der Waals surface area contributed by atoms with Crippen LogP contribution in [0.1, 0.15) is 15.9 Å². The molecular weight excluding hydrogens is 478 g/mol. The number of fused-ring (bicyclic) bond motifs is 1. The number of piperazine rings is 1. The molecule has 0 spiro atoms. The summed E-state index contributed by atoms with van der Waals surface area (Å²) in [4.78, 5) is 17.8. The molecule has 0 unspecified atom stereocenters. The number of hydrogen-bond donors (Lipinski definition) is 1. The minimum Gasteiger partial charge on any atom is -0.496 e. The largest absolute Gasteiger partial charge is 0.496 e. The number of halogens is 1. The number of ether oxygens (including phenoxy) is 1. The fourth-order valence-electron chi connectivity index (χ4n) is 3.80. The van der Waals surface area contributed by atoms with Gasteiger partial charge in [0.15, 0.2) is 0 Å². The van der Waals surface area contributed by atoms with E-state index < -0.39 is 10.0 Å². The van der Waals surface area contributed by atoms with Crippen LogP contribution in [0.3, 0.4) is 0 Å². The van der Waals surface area contributed by atoms with Gasteiger partial charge in [0.1, 0.15) is 10.8 Å². The average Bonchev–Trinajstić information content (AvgIpc) is 3.26. The lowest BCUT2D eigenvalue weighted by Gasteiger charge is -2.34. The normalized spacial score (nSPS) is 15.2. The van der Waals surface area contributed by atoms with Crippen molar-refractivity contribution in [2.24, 2.45) is 5.10 Å². The summed E-state index contributed by atoms with van der Waals surface area (Å²) in [5.74, 6) is 0.241.